The number of carbonyl (C=O) groups excluding carboxylic acids is 1. The number of hydrogen-bond acceptors (Lipinski definition) is 3. The number of benzene rings is 3. The van der Waals surface area contributed by atoms with Crippen molar-refractivity contribution in [1.82, 2.24) is 0 Å². The second kappa shape index (κ2) is 6.87. The standard InChI is InChI=1S/C20H17NO3/c22-18-10-6-16(7-11-18)20(24)21(14-15-4-2-1-3-5-15)17-8-12-19(23)13-9-17/h1-13,22-23H,14H2. The van der Waals surface area contributed by atoms with E-state index in [0.29, 0.717) is 17.8 Å². The van der Waals surface area contributed by atoms with E-state index < -0.39 is 0 Å². The average molecular weight is 319 g/mol. The van der Waals surface area contributed by atoms with Crippen LogP contribution in [0.2, 0.25) is 0 Å². The van der Waals surface area contributed by atoms with Gasteiger partial charge in [0.05, 0.1) is 6.54 Å². The second-order valence-electron chi connectivity index (χ2n) is 5.44. The van der Waals surface area contributed by atoms with Crippen molar-refractivity contribution in [3.8, 4) is 11.5 Å². The van der Waals surface area contributed by atoms with Crippen LogP contribution in [0.4, 0.5) is 5.69 Å². The molecule has 0 atom stereocenters. The zero-order valence-corrected chi connectivity index (χ0v) is 13.0. The summed E-state index contributed by atoms with van der Waals surface area (Å²) in [5.41, 5.74) is 2.17. The summed E-state index contributed by atoms with van der Waals surface area (Å²) in [7, 11) is 0. The van der Waals surface area contributed by atoms with E-state index in [4.69, 9.17) is 0 Å². The Bertz CT molecular complexity index is 812. The van der Waals surface area contributed by atoms with Crippen LogP contribution in [0.3, 0.4) is 0 Å². The van der Waals surface area contributed by atoms with Crippen molar-refractivity contribution in [2.75, 3.05) is 4.90 Å². The predicted octanol–water partition coefficient (Wildman–Crippen LogP) is 3.94. The lowest BCUT2D eigenvalue weighted by atomic mass is 10.1. The van der Waals surface area contributed by atoms with E-state index in [2.05, 4.69) is 0 Å². The Morgan fingerprint density at radius 1 is 0.750 bits per heavy atom. The fourth-order valence-corrected chi connectivity index (χ4v) is 2.44. The highest BCUT2D eigenvalue weighted by Gasteiger charge is 2.18. The van der Waals surface area contributed by atoms with E-state index in [9.17, 15) is 15.0 Å². The van der Waals surface area contributed by atoms with Crippen molar-refractivity contribution in [3.63, 3.8) is 0 Å². The van der Waals surface area contributed by atoms with Gasteiger partial charge < -0.3 is 15.1 Å². The van der Waals surface area contributed by atoms with Crippen LogP contribution in [0.15, 0.2) is 78.9 Å². The molecule has 4 heteroatoms. The molecule has 0 bridgehead atoms. The highest BCUT2D eigenvalue weighted by molar-refractivity contribution is 6.06. The second-order valence-corrected chi connectivity index (χ2v) is 5.44. The summed E-state index contributed by atoms with van der Waals surface area (Å²) >= 11 is 0. The lowest BCUT2D eigenvalue weighted by molar-refractivity contribution is 0.0985. The van der Waals surface area contributed by atoms with Crippen LogP contribution in [-0.4, -0.2) is 16.1 Å². The summed E-state index contributed by atoms with van der Waals surface area (Å²) < 4.78 is 0. The fourth-order valence-electron chi connectivity index (χ4n) is 2.44. The third-order valence-corrected chi connectivity index (χ3v) is 3.70. The molecule has 3 aromatic carbocycles. The number of carbonyl (C=O) groups is 1. The predicted molar refractivity (Wildman–Crippen MR) is 93.2 cm³/mol. The number of rotatable bonds is 4. The maximum absolute atomic E-state index is 12.9. The van der Waals surface area contributed by atoms with Crippen molar-refractivity contribution in [3.05, 3.63) is 90.0 Å². The zero-order chi connectivity index (χ0) is 16.9. The van der Waals surface area contributed by atoms with Gasteiger partial charge in [-0.3, -0.25) is 4.79 Å². The molecule has 1 amide bonds. The number of amides is 1. The Balaban J connectivity index is 1.96. The minimum absolute atomic E-state index is 0.116. The van der Waals surface area contributed by atoms with Gasteiger partial charge in [0.15, 0.2) is 0 Å². The normalized spacial score (nSPS) is 10.3. The lowest BCUT2D eigenvalue weighted by Gasteiger charge is -2.23. The lowest BCUT2D eigenvalue weighted by Crippen LogP contribution is -2.30. The Labute approximate surface area is 140 Å². The van der Waals surface area contributed by atoms with Crippen molar-refractivity contribution < 1.29 is 15.0 Å². The van der Waals surface area contributed by atoms with Crippen LogP contribution < -0.4 is 4.90 Å². The van der Waals surface area contributed by atoms with Gasteiger partial charge in [-0.05, 0) is 54.1 Å². The topological polar surface area (TPSA) is 60.8 Å². The molecule has 0 radical (unpaired) electrons. The van der Waals surface area contributed by atoms with Crippen LogP contribution in [-0.2, 0) is 6.54 Å². The van der Waals surface area contributed by atoms with Crippen LogP contribution in [0.5, 0.6) is 11.5 Å². The van der Waals surface area contributed by atoms with Crippen molar-refractivity contribution in [2.45, 2.75) is 6.54 Å². The first-order chi connectivity index (χ1) is 11.6. The van der Waals surface area contributed by atoms with E-state index in [1.165, 1.54) is 12.1 Å². The van der Waals surface area contributed by atoms with Gasteiger partial charge in [0, 0.05) is 11.3 Å². The highest BCUT2D eigenvalue weighted by Crippen LogP contribution is 2.23. The molecule has 3 aromatic rings. The number of hydrogen-bond donors (Lipinski definition) is 2. The molecule has 0 fully saturated rings. The molecule has 2 N–H and O–H groups in total. The first-order valence-corrected chi connectivity index (χ1v) is 7.57. The van der Waals surface area contributed by atoms with Gasteiger partial charge in [-0.1, -0.05) is 30.3 Å². The highest BCUT2D eigenvalue weighted by atomic mass is 16.3. The van der Waals surface area contributed by atoms with Gasteiger partial charge in [0.2, 0.25) is 0 Å². The first kappa shape index (κ1) is 15.6. The number of phenols is 2. The van der Waals surface area contributed by atoms with Gasteiger partial charge >= 0.3 is 0 Å². The fraction of sp³-hybridized carbons (Fsp3) is 0.0500. The molecule has 120 valence electrons. The number of nitrogens with zero attached hydrogens (tertiary/aromatic N) is 1. The molecule has 0 unspecified atom stereocenters. The van der Waals surface area contributed by atoms with E-state index in [-0.39, 0.29) is 17.4 Å². The summed E-state index contributed by atoms with van der Waals surface area (Å²) in [6.07, 6.45) is 0. The molecule has 0 aliphatic rings. The van der Waals surface area contributed by atoms with E-state index in [1.807, 2.05) is 30.3 Å². The minimum Gasteiger partial charge on any atom is -0.508 e. The Kier molecular flexibility index (Phi) is 4.47. The maximum atomic E-state index is 12.9. The number of phenolic OH excluding ortho intramolecular Hbond substituents is 2. The summed E-state index contributed by atoms with van der Waals surface area (Å²) in [6.45, 7) is 0.408. The van der Waals surface area contributed by atoms with E-state index >= 15 is 0 Å². The molecule has 0 spiro atoms. The molecule has 0 aromatic heterocycles. The van der Waals surface area contributed by atoms with Gasteiger partial charge in [-0.2, -0.15) is 0 Å². The van der Waals surface area contributed by atoms with Crippen molar-refractivity contribution in [1.29, 1.82) is 0 Å². The molecule has 0 aliphatic carbocycles. The number of anilines is 1. The maximum Gasteiger partial charge on any atom is 0.258 e. The van der Waals surface area contributed by atoms with Crippen LogP contribution in [0.25, 0.3) is 0 Å². The summed E-state index contributed by atoms with van der Waals surface area (Å²) in [6, 6.07) is 22.4. The Morgan fingerprint density at radius 2 is 1.29 bits per heavy atom. The first-order valence-electron chi connectivity index (χ1n) is 7.57. The number of aromatic hydroxyl groups is 2. The molecule has 0 heterocycles. The van der Waals surface area contributed by atoms with Crippen LogP contribution in [0, 0.1) is 0 Å². The smallest absolute Gasteiger partial charge is 0.258 e. The molecule has 0 aliphatic heterocycles. The third-order valence-electron chi connectivity index (χ3n) is 3.70. The minimum atomic E-state index is -0.176. The Hall–Kier alpha value is -3.27. The van der Waals surface area contributed by atoms with Gasteiger partial charge in [0.25, 0.3) is 5.91 Å². The Morgan fingerprint density at radius 3 is 1.88 bits per heavy atom. The SMILES string of the molecule is O=C(c1ccc(O)cc1)N(Cc1ccccc1)c1ccc(O)cc1. The molecular formula is C20H17NO3. The van der Waals surface area contributed by atoms with Gasteiger partial charge in [-0.15, -0.1) is 0 Å². The summed E-state index contributed by atoms with van der Waals surface area (Å²) in [5, 5.41) is 18.9. The average Bonchev–Trinajstić information content (AvgIpc) is 2.62. The quantitative estimate of drug-likeness (QED) is 0.765. The largest absolute Gasteiger partial charge is 0.508 e. The molecule has 4 nitrogen and oxygen atoms in total. The van der Waals surface area contributed by atoms with Crippen LogP contribution in [0.1, 0.15) is 15.9 Å². The molecule has 0 saturated heterocycles. The molecular weight excluding hydrogens is 302 g/mol. The van der Waals surface area contributed by atoms with E-state index in [1.54, 1.807) is 41.3 Å². The third kappa shape index (κ3) is 3.55. The summed E-state index contributed by atoms with van der Waals surface area (Å²) in [5.74, 6) is 0.0887. The van der Waals surface area contributed by atoms with Gasteiger partial charge in [0.1, 0.15) is 11.5 Å². The van der Waals surface area contributed by atoms with Crippen LogP contribution >= 0.6 is 0 Å². The summed E-state index contributed by atoms with van der Waals surface area (Å²) in [4.78, 5) is 14.6. The zero-order valence-electron chi connectivity index (χ0n) is 13.0. The molecule has 24 heavy (non-hydrogen) atoms. The van der Waals surface area contributed by atoms with Crippen molar-refractivity contribution in [2.24, 2.45) is 0 Å². The monoisotopic (exact) mass is 319 g/mol. The van der Waals surface area contributed by atoms with E-state index in [0.717, 1.165) is 5.56 Å². The molecule has 0 saturated carbocycles. The van der Waals surface area contributed by atoms with Gasteiger partial charge in [-0.25, -0.2) is 0 Å². The van der Waals surface area contributed by atoms with Crippen molar-refractivity contribution >= 4 is 11.6 Å². The molecule has 3 rings (SSSR count).